The third-order valence-electron chi connectivity index (χ3n) is 2.20. The van der Waals surface area contributed by atoms with Crippen LogP contribution in [-0.2, 0) is 4.79 Å². The van der Waals surface area contributed by atoms with Gasteiger partial charge in [-0.3, -0.25) is 4.79 Å². The lowest BCUT2D eigenvalue weighted by atomic mass is 10.1. The van der Waals surface area contributed by atoms with E-state index in [0.29, 0.717) is 5.13 Å². The fraction of sp³-hybridized carbons (Fsp3) is 0.167. The summed E-state index contributed by atoms with van der Waals surface area (Å²) in [6, 6.07) is 8.13. The van der Waals surface area contributed by atoms with E-state index in [1.165, 1.54) is 23.8 Å². The molecule has 2 aromatic rings. The Bertz CT molecular complexity index is 519. The van der Waals surface area contributed by atoms with E-state index in [1.54, 1.807) is 6.20 Å². The second kappa shape index (κ2) is 4.45. The minimum absolute atomic E-state index is 0.0920. The van der Waals surface area contributed by atoms with Crippen LogP contribution in [0.3, 0.4) is 0 Å². The Morgan fingerprint density at radius 3 is 2.81 bits per heavy atom. The third-order valence-corrected chi connectivity index (χ3v) is 3.15. The van der Waals surface area contributed by atoms with Crippen LogP contribution >= 0.6 is 11.3 Å². The van der Waals surface area contributed by atoms with Crippen molar-refractivity contribution in [2.75, 3.05) is 5.32 Å². The zero-order chi connectivity index (χ0) is 11.5. The Hall–Kier alpha value is -1.68. The zero-order valence-electron chi connectivity index (χ0n) is 9.15. The van der Waals surface area contributed by atoms with Crippen LogP contribution in [-0.4, -0.2) is 10.9 Å². The molecular weight excluding hydrogens is 220 g/mol. The summed E-state index contributed by atoms with van der Waals surface area (Å²) in [5.41, 5.74) is 2.37. The van der Waals surface area contributed by atoms with Gasteiger partial charge in [0.2, 0.25) is 5.91 Å². The lowest BCUT2D eigenvalue weighted by molar-refractivity contribution is -0.114. The summed E-state index contributed by atoms with van der Waals surface area (Å²) in [5.74, 6) is -0.0920. The summed E-state index contributed by atoms with van der Waals surface area (Å²) in [7, 11) is 0. The Balaban J connectivity index is 2.32. The summed E-state index contributed by atoms with van der Waals surface area (Å²) in [6.45, 7) is 3.54. The van der Waals surface area contributed by atoms with Crippen molar-refractivity contribution in [3.8, 4) is 10.4 Å². The lowest BCUT2D eigenvalue weighted by Crippen LogP contribution is -2.04. The number of nitrogens with one attached hydrogen (secondary N) is 1. The Morgan fingerprint density at radius 2 is 2.12 bits per heavy atom. The smallest absolute Gasteiger partial charge is 0.223 e. The van der Waals surface area contributed by atoms with Gasteiger partial charge in [-0.25, -0.2) is 4.98 Å². The van der Waals surface area contributed by atoms with E-state index >= 15 is 0 Å². The van der Waals surface area contributed by atoms with Crippen LogP contribution in [0, 0.1) is 6.92 Å². The first-order chi connectivity index (χ1) is 7.66. The van der Waals surface area contributed by atoms with Crippen molar-refractivity contribution in [3.63, 3.8) is 0 Å². The molecule has 0 spiro atoms. The minimum atomic E-state index is -0.0920. The van der Waals surface area contributed by atoms with E-state index in [-0.39, 0.29) is 5.91 Å². The summed E-state index contributed by atoms with van der Waals surface area (Å²) in [5, 5.41) is 3.33. The van der Waals surface area contributed by atoms with Crippen molar-refractivity contribution < 1.29 is 4.79 Å². The van der Waals surface area contributed by atoms with Crippen LogP contribution < -0.4 is 5.32 Å². The molecule has 1 aromatic heterocycles. The average Bonchev–Trinajstić information content (AvgIpc) is 2.66. The number of anilines is 1. The van der Waals surface area contributed by atoms with Crippen molar-refractivity contribution in [3.05, 3.63) is 36.0 Å². The standard InChI is InChI=1S/C12H12N2OS/c1-8-5-3-4-6-10(8)11-7-13-12(16-11)14-9(2)15/h3-7H,1-2H3,(H,13,14,15). The lowest BCUT2D eigenvalue weighted by Gasteiger charge is -2.00. The summed E-state index contributed by atoms with van der Waals surface area (Å²) >= 11 is 1.49. The quantitative estimate of drug-likeness (QED) is 0.864. The highest BCUT2D eigenvalue weighted by Crippen LogP contribution is 2.30. The van der Waals surface area contributed by atoms with Crippen LogP contribution in [0.15, 0.2) is 30.5 Å². The highest BCUT2D eigenvalue weighted by molar-refractivity contribution is 7.19. The molecule has 1 amide bonds. The Morgan fingerprint density at radius 1 is 1.38 bits per heavy atom. The van der Waals surface area contributed by atoms with Crippen molar-refractivity contribution in [2.24, 2.45) is 0 Å². The fourth-order valence-corrected chi connectivity index (χ4v) is 2.41. The number of amides is 1. The normalized spacial score (nSPS) is 10.1. The van der Waals surface area contributed by atoms with E-state index in [0.717, 1.165) is 10.4 Å². The molecule has 3 nitrogen and oxygen atoms in total. The second-order valence-electron chi connectivity index (χ2n) is 3.53. The molecule has 0 atom stereocenters. The zero-order valence-corrected chi connectivity index (χ0v) is 9.97. The van der Waals surface area contributed by atoms with Gasteiger partial charge in [-0.05, 0) is 18.1 Å². The molecule has 0 aliphatic carbocycles. The van der Waals surface area contributed by atoms with E-state index in [9.17, 15) is 4.79 Å². The molecule has 0 saturated carbocycles. The van der Waals surface area contributed by atoms with Gasteiger partial charge in [-0.2, -0.15) is 0 Å². The van der Waals surface area contributed by atoms with Gasteiger partial charge < -0.3 is 5.32 Å². The molecule has 1 aromatic carbocycles. The van der Waals surface area contributed by atoms with Gasteiger partial charge in [0.05, 0.1) is 4.88 Å². The number of thiazole rings is 1. The Kier molecular flexibility index (Phi) is 3.01. The topological polar surface area (TPSA) is 42.0 Å². The molecule has 1 heterocycles. The maximum Gasteiger partial charge on any atom is 0.223 e. The van der Waals surface area contributed by atoms with Crippen molar-refractivity contribution in [2.45, 2.75) is 13.8 Å². The molecule has 82 valence electrons. The molecule has 0 aliphatic heterocycles. The number of rotatable bonds is 2. The number of aromatic nitrogens is 1. The average molecular weight is 232 g/mol. The van der Waals surface area contributed by atoms with Crippen LogP contribution in [0.1, 0.15) is 12.5 Å². The van der Waals surface area contributed by atoms with E-state index in [2.05, 4.69) is 29.4 Å². The minimum Gasteiger partial charge on any atom is -0.302 e. The summed E-state index contributed by atoms with van der Waals surface area (Å²) in [6.07, 6.45) is 1.79. The summed E-state index contributed by atoms with van der Waals surface area (Å²) in [4.78, 5) is 16.1. The number of carbonyl (C=O) groups is 1. The second-order valence-corrected chi connectivity index (χ2v) is 4.56. The molecule has 4 heteroatoms. The molecule has 1 N–H and O–H groups in total. The van der Waals surface area contributed by atoms with Crippen LogP contribution in [0.4, 0.5) is 5.13 Å². The van der Waals surface area contributed by atoms with Gasteiger partial charge in [-0.15, -0.1) is 0 Å². The number of hydrogen-bond donors (Lipinski definition) is 1. The molecule has 2 rings (SSSR count). The molecule has 0 aliphatic rings. The number of carbonyl (C=O) groups excluding carboxylic acids is 1. The maximum absolute atomic E-state index is 10.9. The monoisotopic (exact) mass is 232 g/mol. The van der Waals surface area contributed by atoms with Crippen molar-refractivity contribution in [1.29, 1.82) is 0 Å². The number of benzene rings is 1. The SMILES string of the molecule is CC(=O)Nc1ncc(-c2ccccc2C)s1. The third kappa shape index (κ3) is 2.28. The Labute approximate surface area is 98.2 Å². The number of hydrogen-bond acceptors (Lipinski definition) is 3. The van der Waals surface area contributed by atoms with Crippen LogP contribution in [0.2, 0.25) is 0 Å². The fourth-order valence-electron chi connectivity index (χ4n) is 1.46. The number of aryl methyl sites for hydroxylation is 1. The van der Waals surface area contributed by atoms with Gasteiger partial charge in [0.1, 0.15) is 0 Å². The molecular formula is C12H12N2OS. The molecule has 0 bridgehead atoms. The van der Waals surface area contributed by atoms with Crippen LogP contribution in [0.5, 0.6) is 0 Å². The maximum atomic E-state index is 10.9. The van der Waals surface area contributed by atoms with E-state index in [4.69, 9.17) is 0 Å². The first kappa shape index (κ1) is 10.8. The van der Waals surface area contributed by atoms with E-state index in [1.807, 2.05) is 12.1 Å². The highest BCUT2D eigenvalue weighted by atomic mass is 32.1. The van der Waals surface area contributed by atoms with Gasteiger partial charge in [-0.1, -0.05) is 35.6 Å². The van der Waals surface area contributed by atoms with Gasteiger partial charge >= 0.3 is 0 Å². The molecule has 0 radical (unpaired) electrons. The van der Waals surface area contributed by atoms with Gasteiger partial charge in [0, 0.05) is 13.1 Å². The van der Waals surface area contributed by atoms with Crippen LogP contribution in [0.25, 0.3) is 10.4 Å². The van der Waals surface area contributed by atoms with Crippen molar-refractivity contribution >= 4 is 22.4 Å². The molecule has 0 saturated heterocycles. The van der Waals surface area contributed by atoms with Gasteiger partial charge in [0.25, 0.3) is 0 Å². The van der Waals surface area contributed by atoms with Gasteiger partial charge in [0.15, 0.2) is 5.13 Å². The predicted octanol–water partition coefficient (Wildman–Crippen LogP) is 3.08. The largest absolute Gasteiger partial charge is 0.302 e. The predicted molar refractivity (Wildman–Crippen MR) is 66.6 cm³/mol. The summed E-state index contributed by atoms with van der Waals surface area (Å²) < 4.78 is 0. The van der Waals surface area contributed by atoms with E-state index < -0.39 is 0 Å². The number of nitrogens with zero attached hydrogens (tertiary/aromatic N) is 1. The first-order valence-electron chi connectivity index (χ1n) is 4.96. The molecule has 16 heavy (non-hydrogen) atoms. The molecule has 0 fully saturated rings. The van der Waals surface area contributed by atoms with Crippen molar-refractivity contribution in [1.82, 2.24) is 4.98 Å². The molecule has 0 unspecified atom stereocenters. The highest BCUT2D eigenvalue weighted by Gasteiger charge is 2.06. The first-order valence-corrected chi connectivity index (χ1v) is 5.78.